The third-order valence-corrected chi connectivity index (χ3v) is 6.84. The first-order valence-corrected chi connectivity index (χ1v) is 11.7. The normalized spacial score (nSPS) is 17.2. The van der Waals surface area contributed by atoms with Gasteiger partial charge in [-0.2, -0.15) is 0 Å². The lowest BCUT2D eigenvalue weighted by Gasteiger charge is -2.38. The number of hydrogen-bond acceptors (Lipinski definition) is 5. The predicted octanol–water partition coefficient (Wildman–Crippen LogP) is 2.42. The van der Waals surface area contributed by atoms with Crippen LogP contribution in [-0.4, -0.2) is 92.5 Å². The summed E-state index contributed by atoms with van der Waals surface area (Å²) in [6.07, 6.45) is 0. The van der Waals surface area contributed by atoms with E-state index < -0.39 is 0 Å². The minimum atomic E-state index is 0.0822. The molecule has 0 bridgehead atoms. The molecule has 0 atom stereocenters. The number of nitrogens with zero attached hydrogens (tertiary/aromatic N) is 4. The molecule has 2 saturated heterocycles. The molecule has 33 heavy (non-hydrogen) atoms. The van der Waals surface area contributed by atoms with E-state index in [-0.39, 0.29) is 11.8 Å². The van der Waals surface area contributed by atoms with Crippen LogP contribution >= 0.6 is 0 Å². The van der Waals surface area contributed by atoms with Gasteiger partial charge in [-0.15, -0.1) is 0 Å². The van der Waals surface area contributed by atoms with Crippen LogP contribution in [-0.2, 0) is 4.79 Å². The zero-order valence-electron chi connectivity index (χ0n) is 19.9. The average molecular weight is 451 g/mol. The van der Waals surface area contributed by atoms with Gasteiger partial charge in [-0.05, 0) is 61.4 Å². The molecule has 7 heteroatoms. The summed E-state index contributed by atoms with van der Waals surface area (Å²) in [5, 5.41) is 0. The second-order valence-electron chi connectivity index (χ2n) is 8.93. The number of methoxy groups -OCH3 is 1. The fourth-order valence-corrected chi connectivity index (χ4v) is 4.46. The highest BCUT2D eigenvalue weighted by atomic mass is 16.5. The minimum Gasteiger partial charge on any atom is -0.497 e. The maximum atomic E-state index is 12.9. The van der Waals surface area contributed by atoms with Gasteiger partial charge in [-0.3, -0.25) is 14.5 Å². The summed E-state index contributed by atoms with van der Waals surface area (Å²) in [6.45, 7) is 10.4. The van der Waals surface area contributed by atoms with Crippen molar-refractivity contribution in [1.82, 2.24) is 14.7 Å². The van der Waals surface area contributed by atoms with E-state index in [2.05, 4.69) is 28.9 Å². The molecular weight excluding hydrogens is 416 g/mol. The van der Waals surface area contributed by atoms with E-state index >= 15 is 0 Å². The van der Waals surface area contributed by atoms with E-state index in [1.165, 1.54) is 5.56 Å². The summed E-state index contributed by atoms with van der Waals surface area (Å²) in [7, 11) is 1.67. The third kappa shape index (κ3) is 5.47. The molecule has 0 N–H and O–H groups in total. The molecular formula is C26H34N4O3. The molecule has 0 saturated carbocycles. The lowest BCUT2D eigenvalue weighted by molar-refractivity contribution is -0.133. The van der Waals surface area contributed by atoms with Crippen LogP contribution in [0.3, 0.4) is 0 Å². The van der Waals surface area contributed by atoms with Crippen LogP contribution in [0.4, 0.5) is 5.69 Å². The monoisotopic (exact) mass is 450 g/mol. The van der Waals surface area contributed by atoms with Crippen LogP contribution in [0.5, 0.6) is 5.75 Å². The van der Waals surface area contributed by atoms with E-state index in [0.717, 1.165) is 61.8 Å². The number of aryl methyl sites for hydroxylation is 2. The number of carbonyl (C=O) groups excluding carboxylic acids is 2. The number of anilines is 1. The van der Waals surface area contributed by atoms with Crippen molar-refractivity contribution in [1.29, 1.82) is 0 Å². The Bertz CT molecular complexity index is 976. The maximum absolute atomic E-state index is 12.9. The summed E-state index contributed by atoms with van der Waals surface area (Å²) in [6, 6.07) is 14.0. The predicted molar refractivity (Wildman–Crippen MR) is 130 cm³/mol. The quantitative estimate of drug-likeness (QED) is 0.700. The smallest absolute Gasteiger partial charge is 0.253 e. The van der Waals surface area contributed by atoms with Crippen molar-refractivity contribution in [2.45, 2.75) is 13.8 Å². The van der Waals surface area contributed by atoms with Crippen molar-refractivity contribution < 1.29 is 14.3 Å². The highest BCUT2D eigenvalue weighted by Crippen LogP contribution is 2.21. The highest BCUT2D eigenvalue weighted by Gasteiger charge is 2.26. The van der Waals surface area contributed by atoms with E-state index in [9.17, 15) is 9.59 Å². The standard InChI is InChI=1S/C26H34N4O3/c1-20-4-5-22(18-21(20)2)26(32)30-12-10-27(11-13-30)19-25(31)29-16-14-28(15-17-29)23-6-8-24(33-3)9-7-23/h4-9,18H,10-17,19H2,1-3H3. The first kappa shape index (κ1) is 23.1. The Morgan fingerprint density at radius 1 is 0.788 bits per heavy atom. The molecule has 4 rings (SSSR count). The number of rotatable bonds is 5. The van der Waals surface area contributed by atoms with Crippen molar-refractivity contribution >= 4 is 17.5 Å². The van der Waals surface area contributed by atoms with Gasteiger partial charge in [0.1, 0.15) is 5.75 Å². The van der Waals surface area contributed by atoms with Crippen LogP contribution in [0.15, 0.2) is 42.5 Å². The van der Waals surface area contributed by atoms with Gasteiger partial charge in [0, 0.05) is 63.6 Å². The lowest BCUT2D eigenvalue weighted by atomic mass is 10.1. The fraction of sp³-hybridized carbons (Fsp3) is 0.462. The highest BCUT2D eigenvalue weighted by molar-refractivity contribution is 5.94. The molecule has 0 spiro atoms. The molecule has 2 aromatic rings. The Morgan fingerprint density at radius 3 is 2.03 bits per heavy atom. The Labute approximate surface area is 196 Å². The van der Waals surface area contributed by atoms with Gasteiger partial charge in [-0.25, -0.2) is 0 Å². The Morgan fingerprint density at radius 2 is 1.42 bits per heavy atom. The third-order valence-electron chi connectivity index (χ3n) is 6.84. The molecule has 2 amide bonds. The first-order valence-electron chi connectivity index (χ1n) is 11.7. The maximum Gasteiger partial charge on any atom is 0.253 e. The topological polar surface area (TPSA) is 56.3 Å². The summed E-state index contributed by atoms with van der Waals surface area (Å²) < 4.78 is 5.23. The van der Waals surface area contributed by atoms with Crippen molar-refractivity contribution in [2.24, 2.45) is 0 Å². The average Bonchev–Trinajstić information content (AvgIpc) is 2.86. The van der Waals surface area contributed by atoms with Gasteiger partial charge in [0.25, 0.3) is 5.91 Å². The molecule has 2 heterocycles. The number of hydrogen-bond donors (Lipinski definition) is 0. The molecule has 0 unspecified atom stereocenters. The van der Waals surface area contributed by atoms with Gasteiger partial charge in [-0.1, -0.05) is 6.07 Å². The Hall–Kier alpha value is -3.06. The fourth-order valence-electron chi connectivity index (χ4n) is 4.46. The molecule has 176 valence electrons. The zero-order valence-corrected chi connectivity index (χ0v) is 19.9. The van der Waals surface area contributed by atoms with Gasteiger partial charge < -0.3 is 19.4 Å². The SMILES string of the molecule is COc1ccc(N2CCN(C(=O)CN3CCN(C(=O)c4ccc(C)c(C)c4)CC3)CC2)cc1. The Kier molecular flexibility index (Phi) is 7.18. The number of carbonyl (C=O) groups is 2. The van der Waals surface area contributed by atoms with Gasteiger partial charge in [0.15, 0.2) is 0 Å². The summed E-state index contributed by atoms with van der Waals surface area (Å²) >= 11 is 0. The number of ether oxygens (including phenoxy) is 1. The molecule has 2 fully saturated rings. The minimum absolute atomic E-state index is 0.0822. The van der Waals surface area contributed by atoms with Crippen LogP contribution in [0.1, 0.15) is 21.5 Å². The lowest BCUT2D eigenvalue weighted by Crippen LogP contribution is -2.54. The first-order chi connectivity index (χ1) is 15.9. The van der Waals surface area contributed by atoms with Gasteiger partial charge >= 0.3 is 0 Å². The summed E-state index contributed by atoms with van der Waals surface area (Å²) in [4.78, 5) is 34.1. The van der Waals surface area contributed by atoms with E-state index in [4.69, 9.17) is 4.74 Å². The Balaban J connectivity index is 1.22. The van der Waals surface area contributed by atoms with Crippen molar-refractivity contribution in [3.05, 3.63) is 59.2 Å². The van der Waals surface area contributed by atoms with E-state index in [1.54, 1.807) is 7.11 Å². The molecule has 0 radical (unpaired) electrons. The number of piperazine rings is 2. The van der Waals surface area contributed by atoms with E-state index in [0.29, 0.717) is 19.6 Å². The molecule has 2 aromatic carbocycles. The summed E-state index contributed by atoms with van der Waals surface area (Å²) in [5.41, 5.74) is 4.24. The van der Waals surface area contributed by atoms with Crippen molar-refractivity contribution in [3.8, 4) is 5.75 Å². The molecule has 0 aliphatic carbocycles. The van der Waals surface area contributed by atoms with Crippen LogP contribution in [0.2, 0.25) is 0 Å². The van der Waals surface area contributed by atoms with Gasteiger partial charge in [0.05, 0.1) is 13.7 Å². The number of benzene rings is 2. The molecule has 2 aliphatic heterocycles. The zero-order chi connectivity index (χ0) is 23.4. The molecule has 0 aromatic heterocycles. The second kappa shape index (κ2) is 10.3. The largest absolute Gasteiger partial charge is 0.497 e. The van der Waals surface area contributed by atoms with Crippen molar-refractivity contribution in [3.63, 3.8) is 0 Å². The van der Waals surface area contributed by atoms with Crippen LogP contribution in [0, 0.1) is 13.8 Å². The van der Waals surface area contributed by atoms with Crippen molar-refractivity contribution in [2.75, 3.05) is 70.9 Å². The van der Waals surface area contributed by atoms with Crippen LogP contribution < -0.4 is 9.64 Å². The summed E-state index contributed by atoms with van der Waals surface area (Å²) in [5.74, 6) is 1.11. The second-order valence-corrected chi connectivity index (χ2v) is 8.93. The van der Waals surface area contributed by atoms with Crippen LogP contribution in [0.25, 0.3) is 0 Å². The molecule has 7 nitrogen and oxygen atoms in total. The van der Waals surface area contributed by atoms with E-state index in [1.807, 2.05) is 47.1 Å². The number of amides is 2. The molecule has 2 aliphatic rings. The van der Waals surface area contributed by atoms with Gasteiger partial charge in [0.2, 0.25) is 5.91 Å².